The molecule has 8 heteroatoms. The Hall–Kier alpha value is -5.26. The van der Waals surface area contributed by atoms with Gasteiger partial charge in [0.25, 0.3) is 0 Å². The van der Waals surface area contributed by atoms with Crippen molar-refractivity contribution >= 4 is 49.8 Å². The van der Waals surface area contributed by atoms with Crippen molar-refractivity contribution in [2.75, 3.05) is 0 Å². The van der Waals surface area contributed by atoms with Crippen LogP contribution in [-0.4, -0.2) is 28.5 Å². The van der Waals surface area contributed by atoms with E-state index < -0.39 is 0 Å². The molecule has 0 aliphatic carbocycles. The van der Waals surface area contributed by atoms with Crippen LogP contribution in [0.25, 0.3) is 61.3 Å². The SMILES string of the molecule is CC(C)c1cccc(C(C)C)c1-n1c2cccnc2n2c3[c-]c(Oc4[c-]c5c(cc4)c4ccccc4n5-c4ccccn4)ccc3nc12.[Pt+2]. The summed E-state index contributed by atoms with van der Waals surface area (Å²) in [6.07, 6.45) is 3.64. The topological polar surface area (TPSA) is 62.2 Å². The zero-order valence-electron chi connectivity index (χ0n) is 27.5. The van der Waals surface area contributed by atoms with Gasteiger partial charge in [0.2, 0.25) is 5.78 Å². The molecule has 5 heterocycles. The van der Waals surface area contributed by atoms with E-state index in [1.54, 1.807) is 0 Å². The molecule has 0 atom stereocenters. The molecule has 4 aromatic carbocycles. The van der Waals surface area contributed by atoms with E-state index in [0.29, 0.717) is 23.3 Å². The Morgan fingerprint density at radius 3 is 2.06 bits per heavy atom. The summed E-state index contributed by atoms with van der Waals surface area (Å²) in [5, 5.41) is 2.22. The fraction of sp³-hybridized carbons (Fsp3) is 0.146. The first-order valence-corrected chi connectivity index (χ1v) is 16.4. The molecule has 7 nitrogen and oxygen atoms in total. The fourth-order valence-electron chi connectivity index (χ4n) is 6.99. The van der Waals surface area contributed by atoms with Gasteiger partial charge in [0.15, 0.2) is 5.65 Å². The predicted molar refractivity (Wildman–Crippen MR) is 192 cm³/mol. The Morgan fingerprint density at radius 2 is 1.31 bits per heavy atom. The minimum absolute atomic E-state index is 0. The third-order valence-corrected chi connectivity index (χ3v) is 9.16. The number of rotatable bonds is 6. The molecule has 0 saturated carbocycles. The largest absolute Gasteiger partial charge is 2.00 e. The third-order valence-electron chi connectivity index (χ3n) is 9.16. The Balaban J connectivity index is 0.00000348. The zero-order valence-corrected chi connectivity index (χ0v) is 29.7. The van der Waals surface area contributed by atoms with Gasteiger partial charge in [-0.2, -0.15) is 6.07 Å². The summed E-state index contributed by atoms with van der Waals surface area (Å²) in [6.45, 7) is 8.98. The van der Waals surface area contributed by atoms with E-state index >= 15 is 0 Å². The molecular formula is C41H32N6OPt. The molecule has 0 aliphatic rings. The molecule has 49 heavy (non-hydrogen) atoms. The van der Waals surface area contributed by atoms with Crippen molar-refractivity contribution in [3.05, 3.63) is 133 Å². The van der Waals surface area contributed by atoms with E-state index in [4.69, 9.17) is 14.7 Å². The number of nitrogens with zero attached hydrogens (tertiary/aromatic N) is 6. The molecule has 9 rings (SSSR count). The van der Waals surface area contributed by atoms with Crippen LogP contribution >= 0.6 is 0 Å². The number of hydrogen-bond acceptors (Lipinski definition) is 4. The quantitative estimate of drug-likeness (QED) is 0.157. The number of hydrogen-bond donors (Lipinski definition) is 0. The van der Waals surface area contributed by atoms with Gasteiger partial charge in [-0.3, -0.25) is 14.0 Å². The van der Waals surface area contributed by atoms with Crippen molar-refractivity contribution in [3.8, 4) is 23.0 Å². The van der Waals surface area contributed by atoms with Gasteiger partial charge in [-0.1, -0.05) is 75.7 Å². The van der Waals surface area contributed by atoms with Gasteiger partial charge in [-0.05, 0) is 69.7 Å². The molecule has 0 fully saturated rings. The van der Waals surface area contributed by atoms with E-state index in [1.807, 2.05) is 60.9 Å². The maximum Gasteiger partial charge on any atom is 2.00 e. The molecule has 0 spiro atoms. The Kier molecular flexibility index (Phi) is 7.61. The fourth-order valence-corrected chi connectivity index (χ4v) is 6.99. The molecule has 0 N–H and O–H groups in total. The first kappa shape index (κ1) is 31.0. The van der Waals surface area contributed by atoms with Crippen LogP contribution in [-0.2, 0) is 21.1 Å². The van der Waals surface area contributed by atoms with Gasteiger partial charge in [0, 0.05) is 29.4 Å². The molecule has 0 bridgehead atoms. The van der Waals surface area contributed by atoms with E-state index in [0.717, 1.165) is 55.6 Å². The van der Waals surface area contributed by atoms with Crippen LogP contribution in [0, 0.1) is 12.1 Å². The predicted octanol–water partition coefficient (Wildman–Crippen LogP) is 9.96. The van der Waals surface area contributed by atoms with Crippen molar-refractivity contribution in [1.29, 1.82) is 0 Å². The first-order chi connectivity index (χ1) is 23.5. The third kappa shape index (κ3) is 4.87. The summed E-state index contributed by atoms with van der Waals surface area (Å²) >= 11 is 0. The van der Waals surface area contributed by atoms with Gasteiger partial charge in [0.05, 0.1) is 11.2 Å². The Morgan fingerprint density at radius 1 is 0.612 bits per heavy atom. The van der Waals surface area contributed by atoms with E-state index in [-0.39, 0.29) is 21.1 Å². The number of pyridine rings is 2. The van der Waals surface area contributed by atoms with Crippen molar-refractivity contribution in [1.82, 2.24) is 28.5 Å². The number of imidazole rings is 2. The average molecular weight is 820 g/mol. The van der Waals surface area contributed by atoms with Crippen LogP contribution in [0.3, 0.4) is 0 Å². The van der Waals surface area contributed by atoms with Gasteiger partial charge in [-0.25, -0.2) is 9.97 Å². The van der Waals surface area contributed by atoms with Crippen LogP contribution < -0.4 is 4.74 Å². The van der Waals surface area contributed by atoms with Crippen LogP contribution in [0.4, 0.5) is 0 Å². The number of para-hydroxylation sites is 2. The molecule has 0 unspecified atom stereocenters. The maximum absolute atomic E-state index is 6.49. The monoisotopic (exact) mass is 819 g/mol. The standard InChI is InChI=1S/C41H32N6O.Pt/c1-25(2)29-12-9-13-30(26(3)4)39(29)46-35-15-10-22-43-40(35)47-37-24-28(18-20-33(37)44-41(46)47)48-27-17-19-32-31-11-5-6-14-34(31)45(36(32)23-27)38-16-7-8-21-42-38;/h5-22,25-26H,1-4H3;/q-2;+2. The van der Waals surface area contributed by atoms with Gasteiger partial charge in [-0.15, -0.1) is 35.7 Å². The van der Waals surface area contributed by atoms with Crippen LogP contribution in [0.2, 0.25) is 0 Å². The minimum Gasteiger partial charge on any atom is -0.509 e. The van der Waals surface area contributed by atoms with E-state index in [1.165, 1.54) is 16.8 Å². The van der Waals surface area contributed by atoms with Crippen LogP contribution in [0.15, 0.2) is 109 Å². The van der Waals surface area contributed by atoms with Crippen molar-refractivity contribution in [3.63, 3.8) is 0 Å². The number of ether oxygens (including phenoxy) is 1. The second kappa shape index (κ2) is 12.0. The number of fused-ring (bicyclic) bond motifs is 8. The van der Waals surface area contributed by atoms with Crippen molar-refractivity contribution in [2.24, 2.45) is 0 Å². The van der Waals surface area contributed by atoms with Gasteiger partial charge in [0.1, 0.15) is 5.82 Å². The molecule has 9 aromatic rings. The molecule has 5 aromatic heterocycles. The normalized spacial score (nSPS) is 11.9. The second-order valence-electron chi connectivity index (χ2n) is 12.8. The summed E-state index contributed by atoms with van der Waals surface area (Å²) in [5.41, 5.74) is 9.14. The van der Waals surface area contributed by atoms with Crippen molar-refractivity contribution < 1.29 is 25.8 Å². The average Bonchev–Trinajstić information content (AvgIpc) is 3.74. The number of benzene rings is 4. The minimum atomic E-state index is 0. The second-order valence-corrected chi connectivity index (χ2v) is 12.8. The van der Waals surface area contributed by atoms with E-state index in [2.05, 4.69) is 107 Å². The van der Waals surface area contributed by atoms with Crippen LogP contribution in [0.5, 0.6) is 11.5 Å². The molecule has 0 saturated heterocycles. The molecular weight excluding hydrogens is 788 g/mol. The molecule has 0 aliphatic heterocycles. The van der Waals surface area contributed by atoms with Crippen LogP contribution in [0.1, 0.15) is 50.7 Å². The summed E-state index contributed by atoms with van der Waals surface area (Å²) in [4.78, 5) is 14.7. The Labute approximate surface area is 298 Å². The zero-order chi connectivity index (χ0) is 32.5. The van der Waals surface area contributed by atoms with E-state index in [9.17, 15) is 0 Å². The Bertz CT molecular complexity index is 2640. The summed E-state index contributed by atoms with van der Waals surface area (Å²) in [6, 6.07) is 40.1. The molecule has 242 valence electrons. The molecule has 0 radical (unpaired) electrons. The number of aromatic nitrogens is 6. The van der Waals surface area contributed by atoms with Crippen molar-refractivity contribution in [2.45, 2.75) is 39.5 Å². The smallest absolute Gasteiger partial charge is 0.509 e. The maximum atomic E-state index is 6.49. The van der Waals surface area contributed by atoms with Gasteiger partial charge < -0.3 is 9.30 Å². The summed E-state index contributed by atoms with van der Waals surface area (Å²) < 4.78 is 13.0. The van der Waals surface area contributed by atoms with Gasteiger partial charge >= 0.3 is 21.1 Å². The molecule has 0 amide bonds. The summed E-state index contributed by atoms with van der Waals surface area (Å²) in [7, 11) is 0. The summed E-state index contributed by atoms with van der Waals surface area (Å²) in [5.74, 6) is 3.45. The first-order valence-electron chi connectivity index (χ1n) is 16.4.